The number of aliphatic hydroxyl groups excluding tert-OH is 1. The first kappa shape index (κ1) is 23.2. The van der Waals surface area contributed by atoms with Crippen molar-refractivity contribution in [2.45, 2.75) is 25.4 Å². The number of aromatic hydroxyl groups is 1. The molecule has 0 bridgehead atoms. The van der Waals surface area contributed by atoms with E-state index in [4.69, 9.17) is 9.47 Å². The summed E-state index contributed by atoms with van der Waals surface area (Å²) in [5, 5.41) is 19.8. The van der Waals surface area contributed by atoms with Gasteiger partial charge in [0.15, 0.2) is 0 Å². The van der Waals surface area contributed by atoms with Crippen LogP contribution >= 0.6 is 63.7 Å². The Bertz CT molecular complexity index is 777. The number of hydrogen-bond donors (Lipinski definition) is 2. The van der Waals surface area contributed by atoms with Crippen molar-refractivity contribution in [1.29, 1.82) is 0 Å². The van der Waals surface area contributed by atoms with Gasteiger partial charge in [-0.1, -0.05) is 13.8 Å². The van der Waals surface area contributed by atoms with E-state index in [0.29, 0.717) is 14.7 Å². The molecular weight excluding hydrogens is 612 g/mol. The number of phenols is 1. The zero-order valence-electron chi connectivity index (χ0n) is 15.0. The van der Waals surface area contributed by atoms with Crippen molar-refractivity contribution in [1.82, 2.24) is 0 Å². The number of rotatable bonds is 7. The molecule has 8 heteroatoms. The van der Waals surface area contributed by atoms with Crippen LogP contribution in [0.2, 0.25) is 0 Å². The van der Waals surface area contributed by atoms with Crippen molar-refractivity contribution in [3.8, 4) is 11.5 Å². The van der Waals surface area contributed by atoms with Gasteiger partial charge in [0.2, 0.25) is 0 Å². The molecule has 0 spiro atoms. The van der Waals surface area contributed by atoms with Gasteiger partial charge < -0.3 is 19.7 Å². The van der Waals surface area contributed by atoms with Crippen LogP contribution in [0.1, 0.15) is 25.0 Å². The summed E-state index contributed by atoms with van der Waals surface area (Å²) in [5.41, 5.74) is 1.75. The van der Waals surface area contributed by atoms with E-state index in [0.717, 1.165) is 20.1 Å². The SMILES string of the molecule is COCC(O)COc1c(Br)cc(C(C)(C)c2cc(Br)c(O)c(Br)c2)cc1Br. The van der Waals surface area contributed by atoms with E-state index in [1.165, 1.54) is 7.11 Å². The summed E-state index contributed by atoms with van der Waals surface area (Å²) in [6.45, 7) is 4.56. The Morgan fingerprint density at radius 2 is 1.33 bits per heavy atom. The van der Waals surface area contributed by atoms with Crippen LogP contribution in [0.25, 0.3) is 0 Å². The summed E-state index contributed by atoms with van der Waals surface area (Å²) in [7, 11) is 1.53. The number of phenolic OH excluding ortho intramolecular Hbond substituents is 1. The number of ether oxygens (including phenoxy) is 2. The molecule has 0 aliphatic carbocycles. The highest BCUT2D eigenvalue weighted by Crippen LogP contribution is 2.43. The van der Waals surface area contributed by atoms with Gasteiger partial charge in [-0.2, -0.15) is 0 Å². The van der Waals surface area contributed by atoms with Crippen molar-refractivity contribution in [2.24, 2.45) is 0 Å². The molecule has 2 N–H and O–H groups in total. The topological polar surface area (TPSA) is 58.9 Å². The second-order valence-corrected chi connectivity index (χ2v) is 10.0. The number of benzene rings is 2. The lowest BCUT2D eigenvalue weighted by atomic mass is 9.78. The molecule has 0 heterocycles. The predicted molar refractivity (Wildman–Crippen MR) is 121 cm³/mol. The third-order valence-corrected chi connectivity index (χ3v) is 6.62. The fourth-order valence-electron chi connectivity index (χ4n) is 2.57. The number of halogens is 4. The van der Waals surface area contributed by atoms with Gasteiger partial charge in [0.25, 0.3) is 0 Å². The molecule has 0 saturated carbocycles. The van der Waals surface area contributed by atoms with E-state index in [9.17, 15) is 10.2 Å². The van der Waals surface area contributed by atoms with Gasteiger partial charge >= 0.3 is 0 Å². The zero-order valence-corrected chi connectivity index (χ0v) is 21.4. The maximum Gasteiger partial charge on any atom is 0.147 e. The molecular formula is C19H20Br4O4. The van der Waals surface area contributed by atoms with Crippen molar-refractivity contribution < 1.29 is 19.7 Å². The van der Waals surface area contributed by atoms with Crippen LogP contribution in [0.4, 0.5) is 0 Å². The van der Waals surface area contributed by atoms with E-state index in [1.807, 2.05) is 24.3 Å². The monoisotopic (exact) mass is 628 g/mol. The van der Waals surface area contributed by atoms with Crippen molar-refractivity contribution in [3.63, 3.8) is 0 Å². The average Bonchev–Trinajstić information content (AvgIpc) is 2.58. The van der Waals surface area contributed by atoms with E-state index in [-0.39, 0.29) is 24.4 Å². The lowest BCUT2D eigenvalue weighted by molar-refractivity contribution is 0.0321. The summed E-state index contributed by atoms with van der Waals surface area (Å²) in [4.78, 5) is 0. The average molecular weight is 632 g/mol. The first-order valence-corrected chi connectivity index (χ1v) is 11.2. The Balaban J connectivity index is 2.36. The molecule has 148 valence electrons. The highest BCUT2D eigenvalue weighted by atomic mass is 79.9. The van der Waals surface area contributed by atoms with E-state index < -0.39 is 6.10 Å². The van der Waals surface area contributed by atoms with Gasteiger partial charge in [0.1, 0.15) is 24.2 Å². The molecule has 0 aromatic heterocycles. The predicted octanol–water partition coefficient (Wildman–Crippen LogP) is 6.15. The first-order chi connectivity index (χ1) is 12.6. The van der Waals surface area contributed by atoms with Gasteiger partial charge in [-0.25, -0.2) is 0 Å². The molecule has 0 aliphatic heterocycles. The summed E-state index contributed by atoms with van der Waals surface area (Å²) < 4.78 is 13.5. The van der Waals surface area contributed by atoms with Crippen LogP contribution in [-0.4, -0.2) is 36.6 Å². The van der Waals surface area contributed by atoms with Gasteiger partial charge in [0.05, 0.1) is 24.5 Å². The molecule has 2 aromatic carbocycles. The highest BCUT2D eigenvalue weighted by molar-refractivity contribution is 9.11. The highest BCUT2D eigenvalue weighted by Gasteiger charge is 2.27. The molecule has 1 atom stereocenters. The number of hydrogen-bond acceptors (Lipinski definition) is 4. The second kappa shape index (κ2) is 9.59. The largest absolute Gasteiger partial charge is 0.506 e. The standard InChI is InChI=1S/C19H20Br4O4/c1-19(2,10-4-13(20)17(25)14(21)5-10)11-6-15(22)18(16(23)7-11)27-9-12(24)8-26-3/h4-7,12,24-25H,8-9H2,1-3H3. The van der Waals surface area contributed by atoms with Crippen molar-refractivity contribution in [3.05, 3.63) is 53.3 Å². The Morgan fingerprint density at radius 1 is 0.889 bits per heavy atom. The van der Waals surface area contributed by atoms with Crippen LogP contribution in [0.15, 0.2) is 42.2 Å². The minimum atomic E-state index is -0.698. The van der Waals surface area contributed by atoms with Gasteiger partial charge in [-0.05, 0) is 99.1 Å². The van der Waals surface area contributed by atoms with Crippen LogP contribution in [-0.2, 0) is 10.2 Å². The third kappa shape index (κ3) is 5.48. The summed E-state index contributed by atoms with van der Waals surface area (Å²) >= 11 is 13.9. The maximum atomic E-state index is 9.98. The van der Waals surface area contributed by atoms with Crippen molar-refractivity contribution in [2.75, 3.05) is 20.3 Å². The smallest absolute Gasteiger partial charge is 0.147 e. The molecule has 0 aliphatic rings. The summed E-state index contributed by atoms with van der Waals surface area (Å²) in [5.74, 6) is 0.799. The molecule has 2 rings (SSSR count). The molecule has 0 radical (unpaired) electrons. The number of aliphatic hydroxyl groups is 1. The van der Waals surface area contributed by atoms with Gasteiger partial charge in [-0.15, -0.1) is 0 Å². The Hall–Kier alpha value is -0.120. The lowest BCUT2D eigenvalue weighted by Gasteiger charge is -2.28. The third-order valence-electron chi connectivity index (χ3n) is 4.24. The van der Waals surface area contributed by atoms with Crippen LogP contribution in [0.3, 0.4) is 0 Å². The molecule has 2 aromatic rings. The van der Waals surface area contributed by atoms with E-state index in [2.05, 4.69) is 77.6 Å². The minimum Gasteiger partial charge on any atom is -0.506 e. The normalized spacial score (nSPS) is 12.9. The van der Waals surface area contributed by atoms with Gasteiger partial charge in [0, 0.05) is 12.5 Å². The Labute approximate surface area is 192 Å². The molecule has 0 saturated heterocycles. The van der Waals surface area contributed by atoms with Crippen LogP contribution in [0, 0.1) is 0 Å². The summed E-state index contributed by atoms with van der Waals surface area (Å²) in [6, 6.07) is 7.82. The van der Waals surface area contributed by atoms with Crippen LogP contribution < -0.4 is 4.74 Å². The summed E-state index contributed by atoms with van der Waals surface area (Å²) in [6.07, 6.45) is -0.698. The quantitative estimate of drug-likeness (QED) is 0.385. The second-order valence-electron chi connectivity index (χ2n) is 6.60. The fourth-order valence-corrected chi connectivity index (χ4v) is 5.17. The Kier molecular flexibility index (Phi) is 8.22. The first-order valence-electron chi connectivity index (χ1n) is 8.05. The molecule has 4 nitrogen and oxygen atoms in total. The number of methoxy groups -OCH3 is 1. The maximum absolute atomic E-state index is 9.98. The van der Waals surface area contributed by atoms with Gasteiger partial charge in [-0.3, -0.25) is 0 Å². The molecule has 0 fully saturated rings. The lowest BCUT2D eigenvalue weighted by Crippen LogP contribution is -2.23. The molecule has 27 heavy (non-hydrogen) atoms. The molecule has 1 unspecified atom stereocenters. The van der Waals surface area contributed by atoms with E-state index in [1.54, 1.807) is 0 Å². The fraction of sp³-hybridized carbons (Fsp3) is 0.368. The minimum absolute atomic E-state index is 0.131. The van der Waals surface area contributed by atoms with Crippen LogP contribution in [0.5, 0.6) is 11.5 Å². The van der Waals surface area contributed by atoms with Crippen molar-refractivity contribution >= 4 is 63.7 Å². The zero-order chi connectivity index (χ0) is 20.4. The molecule has 0 amide bonds. The van der Waals surface area contributed by atoms with E-state index >= 15 is 0 Å². The Morgan fingerprint density at radius 3 is 1.78 bits per heavy atom.